The van der Waals surface area contributed by atoms with Crippen molar-refractivity contribution in [3.05, 3.63) is 0 Å². The van der Waals surface area contributed by atoms with Gasteiger partial charge in [0.25, 0.3) is 0 Å². The van der Waals surface area contributed by atoms with Gasteiger partial charge in [0.15, 0.2) is 0 Å². The van der Waals surface area contributed by atoms with Crippen molar-refractivity contribution in [2.24, 2.45) is 5.41 Å². The number of hydrogen-bond donors (Lipinski definition) is 1. The van der Waals surface area contributed by atoms with E-state index in [-0.39, 0.29) is 11.8 Å². The molecule has 0 aliphatic carbocycles. The van der Waals surface area contributed by atoms with Crippen molar-refractivity contribution in [1.29, 1.82) is 0 Å². The van der Waals surface area contributed by atoms with Crippen LogP contribution in [0.2, 0.25) is 0 Å². The number of nitrogens with zero attached hydrogens (tertiary/aromatic N) is 1. The first-order chi connectivity index (χ1) is 7.53. The third-order valence-corrected chi connectivity index (χ3v) is 2.58. The van der Waals surface area contributed by atoms with Crippen molar-refractivity contribution in [1.82, 2.24) is 10.2 Å². The number of amides is 4. The Morgan fingerprint density at radius 3 is 2.06 bits per heavy atom. The molecule has 0 unspecified atom stereocenters. The number of hydrogen-bond acceptors (Lipinski definition) is 3. The number of carbonyl (C=O) groups excluding carboxylic acids is 3. The summed E-state index contributed by atoms with van der Waals surface area (Å²) in [4.78, 5) is 35.7. The van der Waals surface area contributed by atoms with Gasteiger partial charge in [0.05, 0.1) is 0 Å². The van der Waals surface area contributed by atoms with Gasteiger partial charge in [-0.2, -0.15) is 0 Å². The molecule has 1 N–H and O–H groups in total. The first kappa shape index (κ1) is 13.7. The topological polar surface area (TPSA) is 66.5 Å². The van der Waals surface area contributed by atoms with Gasteiger partial charge >= 0.3 is 6.03 Å². The van der Waals surface area contributed by atoms with E-state index in [1.165, 1.54) is 4.90 Å². The molecule has 5 heteroatoms. The Hall–Kier alpha value is -1.39. The van der Waals surface area contributed by atoms with Gasteiger partial charge in [-0.1, -0.05) is 20.8 Å². The summed E-state index contributed by atoms with van der Waals surface area (Å²) in [5.74, 6) is -0.948. The number of urea groups is 1. The van der Waals surface area contributed by atoms with Gasteiger partial charge in [-0.05, 0) is 25.7 Å². The van der Waals surface area contributed by atoms with Crippen LogP contribution in [0.5, 0.6) is 0 Å². The molecule has 0 radical (unpaired) electrons. The summed E-state index contributed by atoms with van der Waals surface area (Å²) in [5, 5.41) is 2.18. The van der Waals surface area contributed by atoms with E-state index in [0.717, 1.165) is 0 Å². The van der Waals surface area contributed by atoms with E-state index in [9.17, 15) is 14.4 Å². The highest BCUT2D eigenvalue weighted by molar-refractivity contribution is 6.14. The molecule has 0 aromatic heterocycles. The Morgan fingerprint density at radius 2 is 1.65 bits per heavy atom. The normalized spacial score (nSPS) is 18.4. The van der Waals surface area contributed by atoms with E-state index >= 15 is 0 Å². The Morgan fingerprint density at radius 1 is 1.12 bits per heavy atom. The summed E-state index contributed by atoms with van der Waals surface area (Å²) in [5.41, 5.74) is -0.606. The third kappa shape index (κ3) is 3.28. The van der Waals surface area contributed by atoms with Gasteiger partial charge in [0, 0.05) is 5.54 Å². The molecule has 1 rings (SSSR count). The molecule has 1 saturated heterocycles. The molecule has 1 heterocycles. The van der Waals surface area contributed by atoms with Crippen molar-refractivity contribution in [2.75, 3.05) is 0 Å². The highest BCUT2D eigenvalue weighted by Crippen LogP contribution is 2.32. The lowest BCUT2D eigenvalue weighted by atomic mass is 9.80. The molecule has 0 aromatic carbocycles. The zero-order chi connectivity index (χ0) is 13.4. The maximum atomic E-state index is 11.8. The summed E-state index contributed by atoms with van der Waals surface area (Å²) >= 11 is 0. The van der Waals surface area contributed by atoms with Gasteiger partial charge in [-0.25, -0.2) is 4.79 Å². The number of barbiturate groups is 1. The van der Waals surface area contributed by atoms with E-state index < -0.39 is 23.4 Å². The molecule has 4 amide bonds. The predicted octanol–water partition coefficient (Wildman–Crippen LogP) is 1.67. The van der Waals surface area contributed by atoms with Crippen molar-refractivity contribution < 1.29 is 14.4 Å². The molecule has 17 heavy (non-hydrogen) atoms. The monoisotopic (exact) mass is 240 g/mol. The van der Waals surface area contributed by atoms with Crippen LogP contribution in [0.15, 0.2) is 0 Å². The van der Waals surface area contributed by atoms with Crippen LogP contribution in [0, 0.1) is 5.41 Å². The summed E-state index contributed by atoms with van der Waals surface area (Å²) in [6.07, 6.45) is 0.423. The van der Waals surface area contributed by atoms with Crippen LogP contribution in [0.1, 0.15) is 47.5 Å². The van der Waals surface area contributed by atoms with Crippen LogP contribution in [0.25, 0.3) is 0 Å². The Balaban J connectivity index is 2.94. The molecule has 1 aliphatic rings. The van der Waals surface area contributed by atoms with Gasteiger partial charge in [-0.3, -0.25) is 19.8 Å². The standard InChI is InChI=1S/C12H20N2O3/c1-11(2,3)7-12(4,5)14-9(16)6-8(15)13-10(14)17/h6-7H2,1-5H3,(H,13,15,17). The van der Waals surface area contributed by atoms with Crippen LogP contribution in [-0.4, -0.2) is 28.3 Å². The summed E-state index contributed by atoms with van der Waals surface area (Å²) in [6, 6.07) is -0.611. The minimum Gasteiger partial charge on any atom is -0.277 e. The second kappa shape index (κ2) is 4.13. The SMILES string of the molecule is CC(C)(C)CC(C)(C)N1C(=O)CC(=O)NC1=O. The first-order valence-corrected chi connectivity index (χ1v) is 5.70. The van der Waals surface area contributed by atoms with E-state index in [2.05, 4.69) is 5.32 Å². The maximum Gasteiger partial charge on any atom is 0.331 e. The van der Waals surface area contributed by atoms with Gasteiger partial charge in [0.2, 0.25) is 11.8 Å². The van der Waals surface area contributed by atoms with Gasteiger partial charge in [-0.15, -0.1) is 0 Å². The molecule has 1 aliphatic heterocycles. The number of carbonyl (C=O) groups is 3. The van der Waals surface area contributed by atoms with Crippen LogP contribution < -0.4 is 5.32 Å². The summed E-state index contributed by atoms with van der Waals surface area (Å²) in [7, 11) is 0. The fourth-order valence-corrected chi connectivity index (χ4v) is 2.54. The molecular weight excluding hydrogens is 220 g/mol. The van der Waals surface area contributed by atoms with Crippen molar-refractivity contribution >= 4 is 17.8 Å². The quantitative estimate of drug-likeness (QED) is 0.746. The maximum absolute atomic E-state index is 11.8. The zero-order valence-electron chi connectivity index (χ0n) is 11.1. The van der Waals surface area contributed by atoms with E-state index in [1.54, 1.807) is 0 Å². The molecule has 0 atom stereocenters. The van der Waals surface area contributed by atoms with E-state index in [4.69, 9.17) is 0 Å². The fourth-order valence-electron chi connectivity index (χ4n) is 2.54. The summed E-state index contributed by atoms with van der Waals surface area (Å²) in [6.45, 7) is 9.82. The Labute approximate surface area is 102 Å². The second-order valence-electron chi connectivity index (χ2n) is 6.31. The summed E-state index contributed by atoms with van der Waals surface area (Å²) < 4.78 is 0. The van der Waals surface area contributed by atoms with Crippen LogP contribution >= 0.6 is 0 Å². The van der Waals surface area contributed by atoms with E-state index in [0.29, 0.717) is 6.42 Å². The van der Waals surface area contributed by atoms with Gasteiger partial charge < -0.3 is 0 Å². The minimum absolute atomic E-state index is 0.00842. The zero-order valence-corrected chi connectivity index (χ0v) is 11.1. The molecule has 5 nitrogen and oxygen atoms in total. The Kier molecular flexibility index (Phi) is 3.32. The molecule has 1 fully saturated rings. The second-order valence-corrected chi connectivity index (χ2v) is 6.31. The molecule has 0 saturated carbocycles. The third-order valence-electron chi connectivity index (χ3n) is 2.58. The Bertz CT molecular complexity index is 346. The first-order valence-electron chi connectivity index (χ1n) is 5.70. The van der Waals surface area contributed by atoms with Crippen LogP contribution in [0.3, 0.4) is 0 Å². The minimum atomic E-state index is -0.611. The fraction of sp³-hybridized carbons (Fsp3) is 0.750. The van der Waals surface area contributed by atoms with Crippen LogP contribution in [0.4, 0.5) is 4.79 Å². The smallest absolute Gasteiger partial charge is 0.277 e. The van der Waals surface area contributed by atoms with Gasteiger partial charge in [0.1, 0.15) is 6.42 Å². The number of nitrogens with one attached hydrogen (secondary N) is 1. The van der Waals surface area contributed by atoms with Crippen molar-refractivity contribution in [3.63, 3.8) is 0 Å². The average Bonchev–Trinajstić information content (AvgIpc) is 1.93. The van der Waals surface area contributed by atoms with E-state index in [1.807, 2.05) is 34.6 Å². The molecule has 0 aromatic rings. The molecular formula is C12H20N2O3. The van der Waals surface area contributed by atoms with Crippen molar-refractivity contribution in [3.8, 4) is 0 Å². The van der Waals surface area contributed by atoms with Crippen LogP contribution in [-0.2, 0) is 9.59 Å². The largest absolute Gasteiger partial charge is 0.331 e. The molecule has 0 bridgehead atoms. The van der Waals surface area contributed by atoms with Crippen molar-refractivity contribution in [2.45, 2.75) is 53.0 Å². The average molecular weight is 240 g/mol. The molecule has 96 valence electrons. The lowest BCUT2D eigenvalue weighted by molar-refractivity contribution is -0.140. The lowest BCUT2D eigenvalue weighted by Crippen LogP contribution is -2.61. The highest BCUT2D eigenvalue weighted by Gasteiger charge is 2.42. The molecule has 0 spiro atoms. The predicted molar refractivity (Wildman–Crippen MR) is 63.2 cm³/mol. The highest BCUT2D eigenvalue weighted by atomic mass is 16.2. The number of imide groups is 2. The lowest BCUT2D eigenvalue weighted by Gasteiger charge is -2.42. The number of rotatable bonds is 2.